The van der Waals surface area contributed by atoms with Gasteiger partial charge in [-0.1, -0.05) is 6.07 Å². The van der Waals surface area contributed by atoms with Crippen molar-refractivity contribution in [1.82, 2.24) is 5.32 Å². The maximum Gasteiger partial charge on any atom is 0.319 e. The molecule has 18 heavy (non-hydrogen) atoms. The smallest absolute Gasteiger partial charge is 0.319 e. The van der Waals surface area contributed by atoms with Crippen molar-refractivity contribution in [2.45, 2.75) is 12.8 Å². The number of hydrogen-bond acceptors (Lipinski definition) is 3. The van der Waals surface area contributed by atoms with Gasteiger partial charge in [0.1, 0.15) is 0 Å². The molecular weight excluding hydrogens is 234 g/mol. The quantitative estimate of drug-likeness (QED) is 0.362. The molecular formula is C12H13N3O3. The third-order valence-electron chi connectivity index (χ3n) is 2.10. The third kappa shape index (κ3) is 4.53. The van der Waals surface area contributed by atoms with Crippen molar-refractivity contribution >= 4 is 17.4 Å². The van der Waals surface area contributed by atoms with Crippen molar-refractivity contribution in [2.24, 2.45) is 0 Å². The van der Waals surface area contributed by atoms with Crippen molar-refractivity contribution in [1.29, 1.82) is 0 Å². The molecule has 0 heterocycles. The molecule has 0 aromatic heterocycles. The van der Waals surface area contributed by atoms with Gasteiger partial charge < -0.3 is 10.6 Å². The summed E-state index contributed by atoms with van der Waals surface area (Å²) in [6.07, 6.45) is 6.36. The summed E-state index contributed by atoms with van der Waals surface area (Å²) in [6.45, 7) is 0.463. The minimum absolute atomic E-state index is 0.0693. The SMILES string of the molecule is C#CCCCNC(=O)Nc1cccc([N+](=O)[O-])c1. The van der Waals surface area contributed by atoms with Crippen LogP contribution in [0.3, 0.4) is 0 Å². The van der Waals surface area contributed by atoms with Crippen LogP contribution < -0.4 is 10.6 Å². The van der Waals surface area contributed by atoms with E-state index in [1.807, 2.05) is 0 Å². The minimum atomic E-state index is -0.518. The van der Waals surface area contributed by atoms with Crippen molar-refractivity contribution in [3.63, 3.8) is 0 Å². The number of terminal acetylenes is 1. The molecule has 0 aliphatic carbocycles. The number of nitro benzene ring substituents is 1. The molecule has 0 radical (unpaired) electrons. The summed E-state index contributed by atoms with van der Waals surface area (Å²) >= 11 is 0. The van der Waals surface area contributed by atoms with Gasteiger partial charge in [-0.25, -0.2) is 4.79 Å². The molecule has 1 aromatic rings. The van der Waals surface area contributed by atoms with E-state index in [0.717, 1.165) is 0 Å². The molecule has 2 amide bonds. The van der Waals surface area contributed by atoms with E-state index >= 15 is 0 Å². The Kier molecular flexibility index (Phi) is 5.19. The third-order valence-corrected chi connectivity index (χ3v) is 2.10. The van der Waals surface area contributed by atoms with Crippen LogP contribution in [0.2, 0.25) is 0 Å². The molecule has 0 bridgehead atoms. The van der Waals surface area contributed by atoms with Gasteiger partial charge in [0.2, 0.25) is 0 Å². The van der Waals surface area contributed by atoms with E-state index in [-0.39, 0.29) is 5.69 Å². The van der Waals surface area contributed by atoms with Crippen molar-refractivity contribution in [3.8, 4) is 12.3 Å². The number of unbranched alkanes of at least 4 members (excludes halogenated alkanes) is 1. The first kappa shape index (κ1) is 13.5. The molecule has 0 fully saturated rings. The molecule has 0 saturated heterocycles. The number of nitro groups is 1. The Balaban J connectivity index is 2.47. The van der Waals surface area contributed by atoms with E-state index in [0.29, 0.717) is 25.1 Å². The summed E-state index contributed by atoms with van der Waals surface area (Å²) in [5.41, 5.74) is 0.304. The lowest BCUT2D eigenvalue weighted by Gasteiger charge is -2.06. The van der Waals surface area contributed by atoms with E-state index in [2.05, 4.69) is 16.6 Å². The average Bonchev–Trinajstić information content (AvgIpc) is 2.35. The highest BCUT2D eigenvalue weighted by Crippen LogP contribution is 2.16. The van der Waals surface area contributed by atoms with E-state index in [1.54, 1.807) is 6.07 Å². The number of nitrogens with one attached hydrogen (secondary N) is 2. The molecule has 0 saturated carbocycles. The van der Waals surface area contributed by atoms with Gasteiger partial charge in [-0.2, -0.15) is 0 Å². The molecule has 94 valence electrons. The van der Waals surface area contributed by atoms with Crippen LogP contribution in [0.15, 0.2) is 24.3 Å². The van der Waals surface area contributed by atoms with Gasteiger partial charge in [0.05, 0.1) is 4.92 Å². The molecule has 1 rings (SSSR count). The lowest BCUT2D eigenvalue weighted by Crippen LogP contribution is -2.29. The first-order valence-electron chi connectivity index (χ1n) is 5.36. The lowest BCUT2D eigenvalue weighted by molar-refractivity contribution is -0.384. The van der Waals surface area contributed by atoms with Crippen molar-refractivity contribution in [3.05, 3.63) is 34.4 Å². The number of carbonyl (C=O) groups is 1. The topological polar surface area (TPSA) is 84.3 Å². The Hall–Kier alpha value is -2.55. The predicted octanol–water partition coefficient (Wildman–Crippen LogP) is 2.13. The zero-order chi connectivity index (χ0) is 13.4. The highest BCUT2D eigenvalue weighted by atomic mass is 16.6. The molecule has 0 atom stereocenters. The van der Waals surface area contributed by atoms with E-state index in [9.17, 15) is 14.9 Å². The Morgan fingerprint density at radius 2 is 2.28 bits per heavy atom. The Morgan fingerprint density at radius 1 is 1.50 bits per heavy atom. The summed E-state index contributed by atoms with van der Waals surface area (Å²) in [5.74, 6) is 2.46. The number of nitrogens with zero attached hydrogens (tertiary/aromatic N) is 1. The second-order valence-corrected chi connectivity index (χ2v) is 3.50. The van der Waals surface area contributed by atoms with Crippen LogP contribution in [0, 0.1) is 22.5 Å². The number of non-ortho nitro benzene ring substituents is 1. The fourth-order valence-electron chi connectivity index (χ4n) is 1.26. The number of hydrogen-bond donors (Lipinski definition) is 2. The van der Waals surface area contributed by atoms with E-state index in [4.69, 9.17) is 6.42 Å². The molecule has 1 aromatic carbocycles. The number of anilines is 1. The second-order valence-electron chi connectivity index (χ2n) is 3.50. The van der Waals surface area contributed by atoms with Crippen LogP contribution in [-0.4, -0.2) is 17.5 Å². The number of amides is 2. The van der Waals surface area contributed by atoms with Crippen LogP contribution in [0.1, 0.15) is 12.8 Å². The molecule has 6 heteroatoms. The molecule has 0 unspecified atom stereocenters. The molecule has 0 aliphatic heterocycles. The number of benzene rings is 1. The first-order valence-corrected chi connectivity index (χ1v) is 5.36. The normalized spacial score (nSPS) is 9.28. The van der Waals surface area contributed by atoms with Crippen molar-refractivity contribution in [2.75, 3.05) is 11.9 Å². The van der Waals surface area contributed by atoms with Crippen LogP contribution in [-0.2, 0) is 0 Å². The fraction of sp³-hybridized carbons (Fsp3) is 0.250. The van der Waals surface area contributed by atoms with Crippen LogP contribution in [0.5, 0.6) is 0 Å². The van der Waals surface area contributed by atoms with Gasteiger partial charge in [-0.3, -0.25) is 10.1 Å². The van der Waals surface area contributed by atoms with Gasteiger partial charge >= 0.3 is 6.03 Å². The monoisotopic (exact) mass is 247 g/mol. The maximum atomic E-state index is 11.4. The highest BCUT2D eigenvalue weighted by molar-refractivity contribution is 5.89. The molecule has 0 spiro atoms. The largest absolute Gasteiger partial charge is 0.338 e. The van der Waals surface area contributed by atoms with Crippen LogP contribution in [0.4, 0.5) is 16.2 Å². The summed E-state index contributed by atoms with van der Waals surface area (Å²) in [7, 11) is 0. The predicted molar refractivity (Wildman–Crippen MR) is 68.2 cm³/mol. The standard InChI is InChI=1S/C12H13N3O3/c1-2-3-4-8-13-12(16)14-10-6-5-7-11(9-10)15(17)18/h1,5-7,9H,3-4,8H2,(H2,13,14,16). The Bertz CT molecular complexity index is 480. The van der Waals surface area contributed by atoms with Crippen LogP contribution >= 0.6 is 0 Å². The molecule has 0 aliphatic rings. The molecule has 6 nitrogen and oxygen atoms in total. The number of carbonyl (C=O) groups excluding carboxylic acids is 1. The highest BCUT2D eigenvalue weighted by Gasteiger charge is 2.07. The van der Waals surface area contributed by atoms with E-state index < -0.39 is 11.0 Å². The Morgan fingerprint density at radius 3 is 2.94 bits per heavy atom. The van der Waals surface area contributed by atoms with Gasteiger partial charge in [0.15, 0.2) is 0 Å². The summed E-state index contributed by atoms with van der Waals surface area (Å²) in [4.78, 5) is 21.4. The van der Waals surface area contributed by atoms with Gasteiger partial charge in [0, 0.05) is 30.8 Å². The van der Waals surface area contributed by atoms with Crippen LogP contribution in [0.25, 0.3) is 0 Å². The zero-order valence-electron chi connectivity index (χ0n) is 9.68. The minimum Gasteiger partial charge on any atom is -0.338 e. The number of urea groups is 1. The summed E-state index contributed by atoms with van der Waals surface area (Å²) < 4.78 is 0. The molecule has 2 N–H and O–H groups in total. The summed E-state index contributed by atoms with van der Waals surface area (Å²) in [5, 5.41) is 15.6. The number of rotatable bonds is 5. The van der Waals surface area contributed by atoms with Gasteiger partial charge in [-0.05, 0) is 12.5 Å². The van der Waals surface area contributed by atoms with Gasteiger partial charge in [-0.15, -0.1) is 12.3 Å². The zero-order valence-corrected chi connectivity index (χ0v) is 9.68. The second kappa shape index (κ2) is 6.91. The van der Waals surface area contributed by atoms with E-state index in [1.165, 1.54) is 18.2 Å². The Labute approximate surface area is 105 Å². The first-order chi connectivity index (χ1) is 8.63. The van der Waals surface area contributed by atoms with Gasteiger partial charge in [0.25, 0.3) is 5.69 Å². The fourth-order valence-corrected chi connectivity index (χ4v) is 1.26. The maximum absolute atomic E-state index is 11.4. The summed E-state index contributed by atoms with van der Waals surface area (Å²) in [6, 6.07) is 5.32. The van der Waals surface area contributed by atoms with Crippen molar-refractivity contribution < 1.29 is 9.72 Å². The lowest BCUT2D eigenvalue weighted by atomic mass is 10.3. The average molecular weight is 247 g/mol.